The topological polar surface area (TPSA) is 121 Å². The van der Waals surface area contributed by atoms with Gasteiger partial charge in [-0.3, -0.25) is 0 Å². The number of nitrogens with one attached hydrogen (secondary N) is 1. The van der Waals surface area contributed by atoms with E-state index in [0.717, 1.165) is 17.5 Å². The number of hydrogen-bond acceptors (Lipinski definition) is 8. The van der Waals surface area contributed by atoms with Crippen molar-refractivity contribution in [3.8, 4) is 5.75 Å². The first kappa shape index (κ1) is 28.0. The van der Waals surface area contributed by atoms with E-state index < -0.39 is 18.1 Å². The molecule has 0 aliphatic heterocycles. The van der Waals surface area contributed by atoms with E-state index in [1.807, 2.05) is 48.5 Å². The number of carboxylic acid groups (broad SMARTS) is 1. The van der Waals surface area contributed by atoms with Gasteiger partial charge in [-0.25, -0.2) is 19.6 Å². The third kappa shape index (κ3) is 8.26. The van der Waals surface area contributed by atoms with Crippen molar-refractivity contribution >= 4 is 24.0 Å². The molecule has 1 amide bonds. The number of carbonyl (C=O) groups excluding carboxylic acids is 1. The maximum atomic E-state index is 12.1. The Bertz CT molecular complexity index is 1380. The number of anilines is 2. The molecule has 2 N–H and O–H groups in total. The summed E-state index contributed by atoms with van der Waals surface area (Å²) in [5, 5.41) is 12.8. The second kappa shape index (κ2) is 13.7. The summed E-state index contributed by atoms with van der Waals surface area (Å²) in [6.45, 7) is 1.25. The number of nitrogens with zero attached hydrogens (tertiary/aromatic N) is 5. The number of rotatable bonds is 12. The Morgan fingerprint density at radius 1 is 0.875 bits per heavy atom. The molecular weight excluding hydrogens is 508 g/mol. The predicted molar refractivity (Wildman–Crippen MR) is 152 cm³/mol. The van der Waals surface area contributed by atoms with Crippen molar-refractivity contribution in [2.24, 2.45) is 0 Å². The van der Waals surface area contributed by atoms with Crippen LogP contribution in [0.25, 0.3) is 0 Å². The molecule has 0 aliphatic rings. The lowest BCUT2D eigenvalue weighted by Crippen LogP contribution is -2.33. The van der Waals surface area contributed by atoms with Crippen LogP contribution < -0.4 is 15.0 Å². The molecule has 10 heteroatoms. The number of aliphatic carboxylic acids is 1. The fraction of sp³-hybridized carbons (Fsp3) is 0.233. The van der Waals surface area contributed by atoms with Crippen molar-refractivity contribution in [2.45, 2.75) is 25.4 Å². The van der Waals surface area contributed by atoms with Gasteiger partial charge < -0.3 is 25.0 Å². The number of aromatic nitrogens is 3. The number of amides is 1. The molecule has 0 spiro atoms. The van der Waals surface area contributed by atoms with Crippen LogP contribution in [0.4, 0.5) is 16.7 Å². The average Bonchev–Trinajstić information content (AvgIpc) is 2.97. The van der Waals surface area contributed by atoms with Crippen molar-refractivity contribution in [3.63, 3.8) is 0 Å². The van der Waals surface area contributed by atoms with Gasteiger partial charge in [-0.1, -0.05) is 72.8 Å². The zero-order valence-corrected chi connectivity index (χ0v) is 22.5. The molecule has 0 saturated heterocycles. The van der Waals surface area contributed by atoms with E-state index in [-0.39, 0.29) is 12.4 Å². The minimum atomic E-state index is -1.05. The highest BCUT2D eigenvalue weighted by Crippen LogP contribution is 2.18. The summed E-state index contributed by atoms with van der Waals surface area (Å²) in [5.74, 6) is -0.0473. The van der Waals surface area contributed by atoms with Gasteiger partial charge in [0.1, 0.15) is 18.1 Å². The third-order valence-electron chi connectivity index (χ3n) is 6.11. The lowest BCUT2D eigenvalue weighted by Gasteiger charge is -2.23. The molecule has 0 fully saturated rings. The summed E-state index contributed by atoms with van der Waals surface area (Å²) in [4.78, 5) is 40.4. The van der Waals surface area contributed by atoms with Crippen molar-refractivity contribution in [2.75, 3.05) is 30.9 Å². The Morgan fingerprint density at radius 3 is 2.15 bits per heavy atom. The van der Waals surface area contributed by atoms with Crippen molar-refractivity contribution in [3.05, 3.63) is 108 Å². The van der Waals surface area contributed by atoms with Crippen LogP contribution in [0.5, 0.6) is 5.75 Å². The number of ether oxygens (including phenoxy) is 1. The summed E-state index contributed by atoms with van der Waals surface area (Å²) in [6.07, 6.45) is 1.85. The van der Waals surface area contributed by atoms with Gasteiger partial charge in [0.2, 0.25) is 11.9 Å². The second-order valence-corrected chi connectivity index (χ2v) is 9.40. The lowest BCUT2D eigenvalue weighted by molar-refractivity contribution is -0.137. The van der Waals surface area contributed by atoms with Gasteiger partial charge in [0.15, 0.2) is 0 Å². The van der Waals surface area contributed by atoms with Gasteiger partial charge >= 0.3 is 12.1 Å². The first-order valence-electron chi connectivity index (χ1n) is 12.9. The molecule has 0 radical (unpaired) electrons. The van der Waals surface area contributed by atoms with Gasteiger partial charge in [0.05, 0.1) is 0 Å². The largest absolute Gasteiger partial charge is 0.480 e. The molecule has 10 nitrogen and oxygen atoms in total. The molecule has 0 unspecified atom stereocenters. The Kier molecular flexibility index (Phi) is 9.60. The van der Waals surface area contributed by atoms with Gasteiger partial charge in [0.25, 0.3) is 0 Å². The van der Waals surface area contributed by atoms with Crippen LogP contribution in [0.2, 0.25) is 0 Å². The minimum Gasteiger partial charge on any atom is -0.480 e. The van der Waals surface area contributed by atoms with Crippen LogP contribution in [0.3, 0.4) is 0 Å². The fourth-order valence-electron chi connectivity index (χ4n) is 3.95. The van der Waals surface area contributed by atoms with E-state index in [0.29, 0.717) is 24.8 Å². The first-order chi connectivity index (χ1) is 19.4. The van der Waals surface area contributed by atoms with E-state index in [1.165, 1.54) is 16.8 Å². The van der Waals surface area contributed by atoms with E-state index in [1.54, 1.807) is 38.4 Å². The van der Waals surface area contributed by atoms with E-state index in [4.69, 9.17) is 4.74 Å². The Labute approximate surface area is 233 Å². The molecule has 40 heavy (non-hydrogen) atoms. The summed E-state index contributed by atoms with van der Waals surface area (Å²) >= 11 is 0. The van der Waals surface area contributed by atoms with E-state index in [2.05, 4.69) is 37.3 Å². The van der Waals surface area contributed by atoms with E-state index in [9.17, 15) is 14.7 Å². The molecule has 206 valence electrons. The second-order valence-electron chi connectivity index (χ2n) is 9.40. The summed E-state index contributed by atoms with van der Waals surface area (Å²) in [7, 11) is 3.19. The zero-order chi connectivity index (χ0) is 28.3. The molecular formula is C30H32N6O4. The molecule has 0 aliphatic carbocycles. The summed E-state index contributed by atoms with van der Waals surface area (Å²) in [5.41, 5.74) is 3.04. The molecule has 4 rings (SSSR count). The Hall–Kier alpha value is -4.99. The monoisotopic (exact) mass is 540 g/mol. The highest BCUT2D eigenvalue weighted by molar-refractivity contribution is 5.77. The van der Waals surface area contributed by atoms with Crippen LogP contribution in [-0.2, 0) is 24.2 Å². The number of hydrogen-bond donors (Lipinski definition) is 2. The molecule has 1 atom stereocenters. The van der Waals surface area contributed by atoms with Crippen LogP contribution >= 0.6 is 0 Å². The first-order valence-corrected chi connectivity index (χ1v) is 12.9. The van der Waals surface area contributed by atoms with Gasteiger partial charge in [0, 0.05) is 33.6 Å². The highest BCUT2D eigenvalue weighted by atomic mass is 16.6. The molecule has 0 bridgehead atoms. The van der Waals surface area contributed by atoms with E-state index >= 15 is 0 Å². The number of carboxylic acids is 1. The van der Waals surface area contributed by atoms with Crippen molar-refractivity contribution in [1.82, 2.24) is 19.9 Å². The van der Waals surface area contributed by atoms with Crippen LogP contribution in [-0.4, -0.2) is 63.7 Å². The molecule has 1 aromatic heterocycles. The quantitative estimate of drug-likeness (QED) is 0.271. The zero-order valence-electron chi connectivity index (χ0n) is 22.5. The molecule has 0 saturated carbocycles. The Morgan fingerprint density at radius 2 is 1.52 bits per heavy atom. The maximum absolute atomic E-state index is 12.1. The normalized spacial score (nSPS) is 11.3. The molecule has 4 aromatic rings. The fourth-order valence-corrected chi connectivity index (χ4v) is 3.95. The van der Waals surface area contributed by atoms with Gasteiger partial charge in [-0.05, 0) is 35.2 Å². The van der Waals surface area contributed by atoms with Crippen LogP contribution in [0.1, 0.15) is 16.7 Å². The molecule has 1 heterocycles. The minimum absolute atomic E-state index is 0.167. The summed E-state index contributed by atoms with van der Waals surface area (Å²) in [6, 6.07) is 25.9. The highest BCUT2D eigenvalue weighted by Gasteiger charge is 2.21. The standard InChI is InChI=1S/C30H32N6O4/c1-35(2)30(39)40-25-15-13-23(14-16-25)19-26(27(37)38)33-28-31-21-32-29(34-28)36(20-24-11-7-4-8-12-24)18-17-22-9-5-3-6-10-22/h3-16,21,26H,17-20H2,1-2H3,(H,37,38)(H,31,32,33,34)/t26-/m0/s1. The Balaban J connectivity index is 1.47. The molecule has 3 aromatic carbocycles. The number of carbonyl (C=O) groups is 2. The average molecular weight is 541 g/mol. The third-order valence-corrected chi connectivity index (χ3v) is 6.11. The lowest BCUT2D eigenvalue weighted by atomic mass is 10.1. The smallest absolute Gasteiger partial charge is 0.414 e. The van der Waals surface area contributed by atoms with Crippen molar-refractivity contribution in [1.29, 1.82) is 0 Å². The van der Waals surface area contributed by atoms with Crippen molar-refractivity contribution < 1.29 is 19.4 Å². The van der Waals surface area contributed by atoms with Crippen LogP contribution in [0, 0.1) is 0 Å². The van der Waals surface area contributed by atoms with Gasteiger partial charge in [-0.15, -0.1) is 0 Å². The summed E-state index contributed by atoms with van der Waals surface area (Å²) < 4.78 is 5.23. The predicted octanol–water partition coefficient (Wildman–Crippen LogP) is 4.29. The van der Waals surface area contributed by atoms with Gasteiger partial charge in [-0.2, -0.15) is 4.98 Å². The van der Waals surface area contributed by atoms with Crippen LogP contribution in [0.15, 0.2) is 91.3 Å². The number of benzene rings is 3. The maximum Gasteiger partial charge on any atom is 0.414 e. The SMILES string of the molecule is CN(C)C(=O)Oc1ccc(C[C@H](Nc2ncnc(N(CCc3ccccc3)Cc3ccccc3)n2)C(=O)O)cc1.